The van der Waals surface area contributed by atoms with Gasteiger partial charge in [-0.15, -0.1) is 0 Å². The van der Waals surface area contributed by atoms with Crippen molar-refractivity contribution >= 4 is 17.3 Å². The Morgan fingerprint density at radius 1 is 1.11 bits per heavy atom. The first kappa shape index (κ1) is 25.8. The lowest BCUT2D eigenvalue weighted by Gasteiger charge is -2.35. The highest BCUT2D eigenvalue weighted by Crippen LogP contribution is 2.45. The SMILES string of the molecule is COc1c(C(N)=O)ccc(N(C)C)c1-c1cc(C#N)ccc1N1CCC(Oc2ccc(F)cc2F)CC1. The van der Waals surface area contributed by atoms with E-state index in [-0.39, 0.29) is 17.4 Å². The predicted molar refractivity (Wildman–Crippen MR) is 138 cm³/mol. The topological polar surface area (TPSA) is 91.8 Å². The molecule has 37 heavy (non-hydrogen) atoms. The molecule has 4 rings (SSSR count). The summed E-state index contributed by atoms with van der Waals surface area (Å²) in [4.78, 5) is 16.3. The minimum absolute atomic E-state index is 0.0301. The van der Waals surface area contributed by atoms with Crippen molar-refractivity contribution in [2.24, 2.45) is 5.73 Å². The number of benzene rings is 3. The molecule has 2 N–H and O–H groups in total. The lowest BCUT2D eigenvalue weighted by atomic mass is 9.94. The van der Waals surface area contributed by atoms with Crippen molar-refractivity contribution in [3.05, 3.63) is 71.3 Å². The number of carbonyl (C=O) groups is 1. The second-order valence-corrected chi connectivity index (χ2v) is 9.02. The Morgan fingerprint density at radius 2 is 1.84 bits per heavy atom. The lowest BCUT2D eigenvalue weighted by Crippen LogP contribution is -2.38. The summed E-state index contributed by atoms with van der Waals surface area (Å²) in [5.74, 6) is -1.63. The van der Waals surface area contributed by atoms with Gasteiger partial charge in [-0.2, -0.15) is 5.26 Å². The number of nitrogens with zero attached hydrogens (tertiary/aromatic N) is 3. The van der Waals surface area contributed by atoms with E-state index in [1.807, 2.05) is 25.1 Å². The van der Waals surface area contributed by atoms with Gasteiger partial charge < -0.3 is 25.0 Å². The van der Waals surface area contributed by atoms with Crippen LogP contribution in [0.15, 0.2) is 48.5 Å². The Kier molecular flexibility index (Phi) is 7.48. The van der Waals surface area contributed by atoms with Gasteiger partial charge in [-0.3, -0.25) is 4.79 Å². The van der Waals surface area contributed by atoms with Crippen LogP contribution in [0.4, 0.5) is 20.2 Å². The van der Waals surface area contributed by atoms with Crippen LogP contribution in [0, 0.1) is 23.0 Å². The molecule has 0 radical (unpaired) electrons. The molecule has 0 saturated carbocycles. The largest absolute Gasteiger partial charge is 0.495 e. The summed E-state index contributed by atoms with van der Waals surface area (Å²) in [6.45, 7) is 1.20. The molecule has 1 fully saturated rings. The molecule has 3 aromatic rings. The van der Waals surface area contributed by atoms with Gasteiger partial charge in [0.25, 0.3) is 5.91 Å². The first-order chi connectivity index (χ1) is 17.7. The smallest absolute Gasteiger partial charge is 0.252 e. The number of nitrogens with two attached hydrogens (primary N) is 1. The van der Waals surface area contributed by atoms with E-state index in [1.54, 1.807) is 24.3 Å². The molecule has 1 aliphatic heterocycles. The summed E-state index contributed by atoms with van der Waals surface area (Å²) in [6, 6.07) is 14.3. The predicted octanol–water partition coefficient (Wildman–Crippen LogP) is 4.72. The standard InChI is InChI=1S/C28H28F2N4O3/c1-33(2)24-8-6-20(28(32)35)27(36-3)26(24)21-14-17(16-31)4-7-23(21)34-12-10-19(11-13-34)37-25-9-5-18(29)15-22(25)30/h4-9,14-15,19H,10-13H2,1-3H3,(H2,32,35). The molecule has 0 aromatic heterocycles. The van der Waals surface area contributed by atoms with Gasteiger partial charge in [0.1, 0.15) is 17.7 Å². The van der Waals surface area contributed by atoms with E-state index in [0.29, 0.717) is 42.8 Å². The first-order valence-electron chi connectivity index (χ1n) is 11.8. The molecule has 9 heteroatoms. The van der Waals surface area contributed by atoms with Crippen molar-refractivity contribution in [1.82, 2.24) is 0 Å². The maximum atomic E-state index is 14.1. The van der Waals surface area contributed by atoms with Gasteiger partial charge >= 0.3 is 0 Å². The highest BCUT2D eigenvalue weighted by molar-refractivity contribution is 6.02. The summed E-state index contributed by atoms with van der Waals surface area (Å²) in [5, 5.41) is 9.62. The van der Waals surface area contributed by atoms with E-state index in [2.05, 4.69) is 11.0 Å². The Balaban J connectivity index is 1.71. The van der Waals surface area contributed by atoms with Crippen LogP contribution < -0.4 is 25.0 Å². The molecule has 1 aliphatic rings. The third kappa shape index (κ3) is 5.28. The van der Waals surface area contributed by atoms with Gasteiger partial charge in [-0.25, -0.2) is 8.78 Å². The van der Waals surface area contributed by atoms with E-state index in [1.165, 1.54) is 19.2 Å². The number of nitriles is 1. The molecule has 0 unspecified atom stereocenters. The molecule has 1 heterocycles. The fourth-order valence-electron chi connectivity index (χ4n) is 4.66. The number of methoxy groups -OCH3 is 1. The van der Waals surface area contributed by atoms with E-state index in [4.69, 9.17) is 15.2 Å². The Morgan fingerprint density at radius 3 is 2.43 bits per heavy atom. The highest BCUT2D eigenvalue weighted by atomic mass is 19.1. The summed E-state index contributed by atoms with van der Waals surface area (Å²) in [6.07, 6.45) is 0.980. The van der Waals surface area contributed by atoms with Crippen LogP contribution in [0.25, 0.3) is 11.1 Å². The molecular formula is C28H28F2N4O3. The number of hydrogen-bond acceptors (Lipinski definition) is 6. The van der Waals surface area contributed by atoms with Crippen LogP contribution in [-0.2, 0) is 0 Å². The molecule has 3 aromatic carbocycles. The third-order valence-electron chi connectivity index (χ3n) is 6.45. The number of halogens is 2. The minimum atomic E-state index is -0.727. The average Bonchev–Trinajstić information content (AvgIpc) is 2.89. The maximum absolute atomic E-state index is 14.1. The number of ether oxygens (including phenoxy) is 2. The molecule has 0 spiro atoms. The van der Waals surface area contributed by atoms with Crippen molar-refractivity contribution < 1.29 is 23.0 Å². The van der Waals surface area contributed by atoms with Crippen LogP contribution in [-0.4, -0.2) is 46.3 Å². The lowest BCUT2D eigenvalue weighted by molar-refractivity contribution is 0.0997. The summed E-state index contributed by atoms with van der Waals surface area (Å²) < 4.78 is 38.8. The molecule has 0 bridgehead atoms. The third-order valence-corrected chi connectivity index (χ3v) is 6.45. The van der Waals surface area contributed by atoms with Crippen LogP contribution in [0.5, 0.6) is 11.5 Å². The van der Waals surface area contributed by atoms with Gasteiger partial charge in [0.2, 0.25) is 0 Å². The average molecular weight is 507 g/mol. The number of piperidine rings is 1. The first-order valence-corrected chi connectivity index (χ1v) is 11.8. The second kappa shape index (κ2) is 10.7. The van der Waals surface area contributed by atoms with Crippen LogP contribution in [0.3, 0.4) is 0 Å². The van der Waals surface area contributed by atoms with Gasteiger partial charge in [0.15, 0.2) is 11.6 Å². The van der Waals surface area contributed by atoms with Crippen molar-refractivity contribution in [3.8, 4) is 28.7 Å². The van der Waals surface area contributed by atoms with E-state index >= 15 is 0 Å². The number of carbonyl (C=O) groups excluding carboxylic acids is 1. The fraction of sp³-hybridized carbons (Fsp3) is 0.286. The number of primary amides is 1. The monoisotopic (exact) mass is 506 g/mol. The molecule has 1 saturated heterocycles. The summed E-state index contributed by atoms with van der Waals surface area (Å²) in [5.41, 5.74) is 9.37. The summed E-state index contributed by atoms with van der Waals surface area (Å²) >= 11 is 0. The van der Waals surface area contributed by atoms with E-state index in [9.17, 15) is 18.8 Å². The van der Waals surface area contributed by atoms with Crippen molar-refractivity contribution in [1.29, 1.82) is 5.26 Å². The number of rotatable bonds is 7. The van der Waals surface area contributed by atoms with Crippen molar-refractivity contribution in [2.75, 3.05) is 44.1 Å². The molecular weight excluding hydrogens is 478 g/mol. The Bertz CT molecular complexity index is 1360. The number of anilines is 2. The van der Waals surface area contributed by atoms with Gasteiger partial charge in [-0.1, -0.05) is 0 Å². The van der Waals surface area contributed by atoms with Crippen LogP contribution in [0.2, 0.25) is 0 Å². The molecule has 192 valence electrons. The second-order valence-electron chi connectivity index (χ2n) is 9.02. The number of hydrogen-bond donors (Lipinski definition) is 1. The number of amides is 1. The molecule has 1 amide bonds. The van der Waals surface area contributed by atoms with Crippen LogP contribution >= 0.6 is 0 Å². The van der Waals surface area contributed by atoms with Crippen molar-refractivity contribution in [2.45, 2.75) is 18.9 Å². The Hall–Kier alpha value is -4.32. The van der Waals surface area contributed by atoms with Crippen LogP contribution in [0.1, 0.15) is 28.8 Å². The van der Waals surface area contributed by atoms with Gasteiger partial charge in [0, 0.05) is 63.0 Å². The van der Waals surface area contributed by atoms with Gasteiger partial charge in [0.05, 0.1) is 29.9 Å². The zero-order valence-electron chi connectivity index (χ0n) is 20.9. The molecule has 7 nitrogen and oxygen atoms in total. The summed E-state index contributed by atoms with van der Waals surface area (Å²) in [7, 11) is 5.25. The van der Waals surface area contributed by atoms with Crippen molar-refractivity contribution in [3.63, 3.8) is 0 Å². The zero-order chi connectivity index (χ0) is 26.7. The maximum Gasteiger partial charge on any atom is 0.252 e. The molecule has 0 atom stereocenters. The quantitative estimate of drug-likeness (QED) is 0.498. The van der Waals surface area contributed by atoms with E-state index in [0.717, 1.165) is 23.0 Å². The zero-order valence-corrected chi connectivity index (χ0v) is 20.9. The molecule has 0 aliphatic carbocycles. The fourth-order valence-corrected chi connectivity index (χ4v) is 4.66. The minimum Gasteiger partial charge on any atom is -0.495 e. The Labute approximate surface area is 214 Å². The highest BCUT2D eigenvalue weighted by Gasteiger charge is 2.27. The van der Waals surface area contributed by atoms with E-state index < -0.39 is 17.5 Å². The van der Waals surface area contributed by atoms with Gasteiger partial charge in [-0.05, 0) is 42.5 Å². The normalized spacial score (nSPS) is 13.7.